The van der Waals surface area contributed by atoms with Crippen LogP contribution < -0.4 is 4.74 Å². The Hall–Kier alpha value is -3.48. The highest BCUT2D eigenvalue weighted by Gasteiger charge is 2.32. The number of hydrogen-bond donors (Lipinski definition) is 1. The Labute approximate surface area is 237 Å². The molecule has 208 valence electrons. The van der Waals surface area contributed by atoms with E-state index in [9.17, 15) is 5.11 Å². The van der Waals surface area contributed by atoms with Crippen molar-refractivity contribution < 1.29 is 24.1 Å². The molecule has 0 saturated carbocycles. The summed E-state index contributed by atoms with van der Waals surface area (Å²) in [7, 11) is 1.68. The number of benzene rings is 4. The highest BCUT2D eigenvalue weighted by Crippen LogP contribution is 2.36. The molecule has 3 atom stereocenters. The zero-order valence-corrected chi connectivity index (χ0v) is 23.1. The highest BCUT2D eigenvalue weighted by atomic mass is 16.5. The van der Waals surface area contributed by atoms with Crippen LogP contribution in [-0.4, -0.2) is 31.0 Å². The molecule has 0 bridgehead atoms. The van der Waals surface area contributed by atoms with E-state index in [1.807, 2.05) is 54.6 Å². The zero-order valence-electron chi connectivity index (χ0n) is 23.1. The minimum Gasteiger partial charge on any atom is -0.497 e. The van der Waals surface area contributed by atoms with Gasteiger partial charge in [0, 0.05) is 12.8 Å². The average molecular weight is 539 g/mol. The summed E-state index contributed by atoms with van der Waals surface area (Å²) in [6.07, 6.45) is 1.98. The summed E-state index contributed by atoms with van der Waals surface area (Å²) in [6, 6.07) is 34.9. The molecule has 1 saturated heterocycles. The molecule has 1 aliphatic heterocycles. The molecule has 0 radical (unpaired) electrons. The molecule has 0 spiro atoms. The van der Waals surface area contributed by atoms with E-state index >= 15 is 0 Å². The van der Waals surface area contributed by atoms with E-state index in [1.54, 1.807) is 7.11 Å². The van der Waals surface area contributed by atoms with Gasteiger partial charge in [0.15, 0.2) is 0 Å². The lowest BCUT2D eigenvalue weighted by Gasteiger charge is -2.36. The molecule has 1 fully saturated rings. The molecule has 4 aromatic carbocycles. The quantitative estimate of drug-likeness (QED) is 0.215. The summed E-state index contributed by atoms with van der Waals surface area (Å²) < 4.78 is 24.5. The number of hydrogen-bond acceptors (Lipinski definition) is 5. The van der Waals surface area contributed by atoms with Gasteiger partial charge >= 0.3 is 0 Å². The lowest BCUT2D eigenvalue weighted by molar-refractivity contribution is -0.142. The first-order chi connectivity index (χ1) is 19.7. The predicted molar refractivity (Wildman–Crippen MR) is 156 cm³/mol. The number of aliphatic hydroxyl groups excluding tert-OH is 1. The fraction of sp³-hybridized carbons (Fsp3) is 0.314. The fourth-order valence-electron chi connectivity index (χ4n) is 5.26. The molecule has 0 unspecified atom stereocenters. The number of rotatable bonds is 12. The third kappa shape index (κ3) is 7.80. The van der Waals surface area contributed by atoms with Gasteiger partial charge in [-0.25, -0.2) is 0 Å². The minimum absolute atomic E-state index is 0.0149. The summed E-state index contributed by atoms with van der Waals surface area (Å²) in [5.74, 6) is 0.845. The summed E-state index contributed by atoms with van der Waals surface area (Å²) in [5.41, 5.74) is 6.57. The standard InChI is InChI=1S/C35H38O5/c1-37-31-16-13-26(14-17-31)18-29-12-15-30(22-36)34(19-29)35-21-32(39-24-28-10-6-3-7-11-28)20-33(40-35)25-38-23-27-8-4-2-5-9-27/h2-17,19,32-33,35-36H,18,20-25H2,1H3/t32-,33-,35+/m0/s1. The van der Waals surface area contributed by atoms with E-state index in [0.29, 0.717) is 19.8 Å². The van der Waals surface area contributed by atoms with Crippen LogP contribution in [0.2, 0.25) is 0 Å². The Morgan fingerprint density at radius 1 is 0.750 bits per heavy atom. The van der Waals surface area contributed by atoms with Gasteiger partial charge in [0.2, 0.25) is 0 Å². The Balaban J connectivity index is 1.32. The zero-order chi connectivity index (χ0) is 27.6. The highest BCUT2D eigenvalue weighted by molar-refractivity contribution is 5.37. The lowest BCUT2D eigenvalue weighted by Crippen LogP contribution is -2.36. The van der Waals surface area contributed by atoms with Crippen LogP contribution >= 0.6 is 0 Å². The largest absolute Gasteiger partial charge is 0.497 e. The molecule has 0 aromatic heterocycles. The van der Waals surface area contributed by atoms with E-state index in [1.165, 1.54) is 11.1 Å². The monoisotopic (exact) mass is 538 g/mol. The van der Waals surface area contributed by atoms with Crippen molar-refractivity contribution in [1.29, 1.82) is 0 Å². The molecule has 1 N–H and O–H groups in total. The van der Waals surface area contributed by atoms with Crippen LogP contribution in [0, 0.1) is 0 Å². The fourth-order valence-corrected chi connectivity index (χ4v) is 5.26. The van der Waals surface area contributed by atoms with Gasteiger partial charge in [0.25, 0.3) is 0 Å². The van der Waals surface area contributed by atoms with Crippen molar-refractivity contribution in [3.05, 3.63) is 137 Å². The number of ether oxygens (including phenoxy) is 4. The third-order valence-corrected chi connectivity index (χ3v) is 7.40. The van der Waals surface area contributed by atoms with Crippen molar-refractivity contribution in [3.63, 3.8) is 0 Å². The number of methoxy groups -OCH3 is 1. The van der Waals surface area contributed by atoms with Gasteiger partial charge in [0.1, 0.15) is 5.75 Å². The van der Waals surface area contributed by atoms with Crippen molar-refractivity contribution in [2.75, 3.05) is 13.7 Å². The Morgan fingerprint density at radius 2 is 1.43 bits per heavy atom. The van der Waals surface area contributed by atoms with E-state index in [0.717, 1.165) is 47.3 Å². The molecule has 1 aliphatic rings. The maximum Gasteiger partial charge on any atom is 0.118 e. The van der Waals surface area contributed by atoms with Crippen LogP contribution in [0.5, 0.6) is 5.75 Å². The van der Waals surface area contributed by atoms with Crippen molar-refractivity contribution in [2.24, 2.45) is 0 Å². The first-order valence-corrected chi connectivity index (χ1v) is 14.0. The summed E-state index contributed by atoms with van der Waals surface area (Å²) in [4.78, 5) is 0. The molecule has 40 heavy (non-hydrogen) atoms. The van der Waals surface area contributed by atoms with Gasteiger partial charge in [-0.3, -0.25) is 0 Å². The second-order valence-electron chi connectivity index (χ2n) is 10.4. The molecule has 4 aromatic rings. The molecule has 5 rings (SSSR count). The van der Waals surface area contributed by atoms with Gasteiger partial charge < -0.3 is 24.1 Å². The van der Waals surface area contributed by atoms with Crippen LogP contribution in [0.4, 0.5) is 0 Å². The minimum atomic E-state index is -0.196. The van der Waals surface area contributed by atoms with Crippen molar-refractivity contribution >= 4 is 0 Å². The van der Waals surface area contributed by atoms with Crippen molar-refractivity contribution in [3.8, 4) is 5.75 Å². The van der Waals surface area contributed by atoms with Gasteiger partial charge in [0.05, 0.1) is 51.8 Å². The van der Waals surface area contributed by atoms with Crippen LogP contribution in [0.25, 0.3) is 0 Å². The molecule has 5 heteroatoms. The topological polar surface area (TPSA) is 57.2 Å². The summed E-state index contributed by atoms with van der Waals surface area (Å²) in [5, 5.41) is 10.2. The molecule has 0 aliphatic carbocycles. The Kier molecular flexibility index (Phi) is 9.99. The first-order valence-electron chi connectivity index (χ1n) is 14.0. The first kappa shape index (κ1) is 28.1. The Bertz CT molecular complexity index is 1310. The molecular formula is C35H38O5. The summed E-state index contributed by atoms with van der Waals surface area (Å²) >= 11 is 0. The molecular weight excluding hydrogens is 500 g/mol. The Morgan fingerprint density at radius 3 is 2.10 bits per heavy atom. The average Bonchev–Trinajstić information content (AvgIpc) is 3.01. The van der Waals surface area contributed by atoms with Crippen LogP contribution in [0.3, 0.4) is 0 Å². The van der Waals surface area contributed by atoms with E-state index in [4.69, 9.17) is 18.9 Å². The smallest absolute Gasteiger partial charge is 0.118 e. The predicted octanol–water partition coefficient (Wildman–Crippen LogP) is 6.80. The van der Waals surface area contributed by atoms with Gasteiger partial charge in [-0.05, 0) is 51.9 Å². The second kappa shape index (κ2) is 14.2. The van der Waals surface area contributed by atoms with Crippen LogP contribution in [-0.2, 0) is 40.5 Å². The summed E-state index contributed by atoms with van der Waals surface area (Å²) in [6.45, 7) is 1.54. The van der Waals surface area contributed by atoms with E-state index < -0.39 is 0 Å². The van der Waals surface area contributed by atoms with E-state index in [-0.39, 0.29) is 24.9 Å². The maximum absolute atomic E-state index is 10.2. The molecule has 1 heterocycles. The second-order valence-corrected chi connectivity index (χ2v) is 10.4. The van der Waals surface area contributed by atoms with E-state index in [2.05, 4.69) is 48.5 Å². The lowest BCUT2D eigenvalue weighted by atomic mass is 9.91. The van der Waals surface area contributed by atoms with Crippen LogP contribution in [0.15, 0.2) is 103 Å². The maximum atomic E-state index is 10.2. The van der Waals surface area contributed by atoms with Crippen molar-refractivity contribution in [1.82, 2.24) is 0 Å². The van der Waals surface area contributed by atoms with Gasteiger partial charge in [-0.2, -0.15) is 0 Å². The third-order valence-electron chi connectivity index (χ3n) is 7.40. The SMILES string of the molecule is COc1ccc(Cc2ccc(CO)c([C@H]3C[C@@H](OCc4ccccc4)C[C@@H](COCc4ccccc4)O3)c2)cc1. The normalized spacial score (nSPS) is 18.9. The van der Waals surface area contributed by atoms with Gasteiger partial charge in [-0.15, -0.1) is 0 Å². The molecule has 5 nitrogen and oxygen atoms in total. The van der Waals surface area contributed by atoms with Crippen LogP contribution in [0.1, 0.15) is 52.3 Å². The van der Waals surface area contributed by atoms with Gasteiger partial charge in [-0.1, -0.05) is 91.0 Å². The number of aliphatic hydroxyl groups is 1. The molecule has 0 amide bonds. The van der Waals surface area contributed by atoms with Crippen molar-refractivity contribution in [2.45, 2.75) is 57.4 Å².